The zero-order chi connectivity index (χ0) is 26.0. The van der Waals surface area contributed by atoms with Crippen molar-refractivity contribution < 1.29 is 23.9 Å². The fourth-order valence-electron chi connectivity index (χ4n) is 4.20. The number of anilines is 1. The first-order chi connectivity index (χ1) is 18.0. The summed E-state index contributed by atoms with van der Waals surface area (Å²) in [6, 6.07) is 24.4. The van der Waals surface area contributed by atoms with Gasteiger partial charge in [-0.05, 0) is 54.8 Å². The average Bonchev–Trinajstić information content (AvgIpc) is 3.41. The van der Waals surface area contributed by atoms with Crippen molar-refractivity contribution in [3.05, 3.63) is 90.5 Å². The first-order valence-electron chi connectivity index (χ1n) is 12.3. The van der Waals surface area contributed by atoms with Crippen molar-refractivity contribution in [1.29, 1.82) is 0 Å². The maximum atomic E-state index is 13.2. The highest BCUT2D eigenvalue weighted by atomic mass is 16.5. The van der Waals surface area contributed by atoms with E-state index >= 15 is 0 Å². The molecule has 8 heteroatoms. The highest BCUT2D eigenvalue weighted by Crippen LogP contribution is 2.23. The van der Waals surface area contributed by atoms with Gasteiger partial charge in [0.25, 0.3) is 0 Å². The highest BCUT2D eigenvalue weighted by Gasteiger charge is 2.34. The number of nitrogens with one attached hydrogen (secondary N) is 2. The third-order valence-electron chi connectivity index (χ3n) is 6.09. The van der Waals surface area contributed by atoms with Crippen molar-refractivity contribution in [3.63, 3.8) is 0 Å². The fraction of sp³-hybridized carbons (Fsp3) is 0.276. The molecule has 2 N–H and O–H groups in total. The van der Waals surface area contributed by atoms with Gasteiger partial charge in [-0.1, -0.05) is 48.5 Å². The largest absolute Gasteiger partial charge is 0.457 e. The summed E-state index contributed by atoms with van der Waals surface area (Å²) in [6.45, 7) is 2.26. The Morgan fingerprint density at radius 2 is 1.57 bits per heavy atom. The standard InChI is InChI=1S/C29H31N3O5/c1-21(33)32-18-8-13-27(32)29(35)31-26(20-36-19-22-9-4-2-5-10-22)28(34)30-23-14-16-25(17-15-23)37-24-11-6-3-7-12-24/h2-7,9-12,14-17,26-27H,8,13,18-20H2,1H3,(H,30,34)(H,31,35). The summed E-state index contributed by atoms with van der Waals surface area (Å²) in [5, 5.41) is 5.64. The lowest BCUT2D eigenvalue weighted by Gasteiger charge is -2.25. The minimum Gasteiger partial charge on any atom is -0.457 e. The Morgan fingerprint density at radius 1 is 0.919 bits per heavy atom. The van der Waals surface area contributed by atoms with E-state index in [4.69, 9.17) is 9.47 Å². The van der Waals surface area contributed by atoms with E-state index in [9.17, 15) is 14.4 Å². The topological polar surface area (TPSA) is 97.0 Å². The molecule has 1 saturated heterocycles. The number of para-hydroxylation sites is 1. The van der Waals surface area contributed by atoms with Gasteiger partial charge in [0, 0.05) is 19.2 Å². The lowest BCUT2D eigenvalue weighted by Crippen LogP contribution is -2.53. The Labute approximate surface area is 216 Å². The molecule has 0 aromatic heterocycles. The molecule has 2 unspecified atom stereocenters. The van der Waals surface area contributed by atoms with E-state index in [-0.39, 0.29) is 18.4 Å². The number of nitrogens with zero attached hydrogens (tertiary/aromatic N) is 1. The molecule has 1 aliphatic rings. The predicted molar refractivity (Wildman–Crippen MR) is 140 cm³/mol. The van der Waals surface area contributed by atoms with Crippen LogP contribution in [0, 0.1) is 0 Å². The van der Waals surface area contributed by atoms with Crippen molar-refractivity contribution >= 4 is 23.4 Å². The van der Waals surface area contributed by atoms with Crippen LogP contribution in [0.15, 0.2) is 84.9 Å². The van der Waals surface area contributed by atoms with Gasteiger partial charge in [0.15, 0.2) is 0 Å². The summed E-state index contributed by atoms with van der Waals surface area (Å²) in [7, 11) is 0. The van der Waals surface area contributed by atoms with Gasteiger partial charge in [-0.25, -0.2) is 0 Å². The minimum atomic E-state index is -0.939. The molecule has 3 aromatic carbocycles. The normalized spacial score (nSPS) is 15.6. The van der Waals surface area contributed by atoms with E-state index in [0.29, 0.717) is 36.8 Å². The van der Waals surface area contributed by atoms with Gasteiger partial charge in [-0.3, -0.25) is 14.4 Å². The highest BCUT2D eigenvalue weighted by molar-refractivity contribution is 5.98. The van der Waals surface area contributed by atoms with E-state index in [0.717, 1.165) is 12.0 Å². The SMILES string of the molecule is CC(=O)N1CCCC1C(=O)NC(COCc1ccccc1)C(=O)Nc1ccc(Oc2ccccc2)cc1. The number of carbonyl (C=O) groups is 3. The second kappa shape index (κ2) is 12.7. The van der Waals surface area contributed by atoms with Crippen molar-refractivity contribution in [2.45, 2.75) is 38.5 Å². The lowest BCUT2D eigenvalue weighted by atomic mass is 10.1. The number of amides is 3. The van der Waals surface area contributed by atoms with E-state index in [2.05, 4.69) is 10.6 Å². The van der Waals surface area contributed by atoms with Crippen molar-refractivity contribution in [3.8, 4) is 11.5 Å². The molecule has 8 nitrogen and oxygen atoms in total. The van der Waals surface area contributed by atoms with Crippen LogP contribution in [0.3, 0.4) is 0 Å². The van der Waals surface area contributed by atoms with Gasteiger partial charge in [0.05, 0.1) is 13.2 Å². The van der Waals surface area contributed by atoms with Crippen LogP contribution in [-0.2, 0) is 25.7 Å². The molecule has 0 spiro atoms. The molecule has 0 bridgehead atoms. The van der Waals surface area contributed by atoms with Crippen LogP contribution in [0.4, 0.5) is 5.69 Å². The summed E-state index contributed by atoms with van der Waals surface area (Å²) < 4.78 is 11.6. The Kier molecular flexibility index (Phi) is 8.89. The number of ether oxygens (including phenoxy) is 2. The number of carbonyl (C=O) groups excluding carboxylic acids is 3. The first-order valence-corrected chi connectivity index (χ1v) is 12.3. The van der Waals surface area contributed by atoms with Crippen LogP contribution >= 0.6 is 0 Å². The van der Waals surface area contributed by atoms with Crippen LogP contribution < -0.4 is 15.4 Å². The van der Waals surface area contributed by atoms with Gasteiger partial charge in [0.2, 0.25) is 17.7 Å². The number of hydrogen-bond donors (Lipinski definition) is 2. The molecule has 1 fully saturated rings. The van der Waals surface area contributed by atoms with Crippen LogP contribution in [0.25, 0.3) is 0 Å². The van der Waals surface area contributed by atoms with Gasteiger partial charge < -0.3 is 25.0 Å². The summed E-state index contributed by atoms with van der Waals surface area (Å²) in [5.41, 5.74) is 1.51. The zero-order valence-corrected chi connectivity index (χ0v) is 20.8. The van der Waals surface area contributed by atoms with Crippen LogP contribution in [0.1, 0.15) is 25.3 Å². The molecular formula is C29H31N3O5. The van der Waals surface area contributed by atoms with E-state index in [1.807, 2.05) is 60.7 Å². The second-order valence-corrected chi connectivity index (χ2v) is 8.86. The maximum Gasteiger partial charge on any atom is 0.249 e. The Bertz CT molecular complexity index is 1190. The third kappa shape index (κ3) is 7.41. The van der Waals surface area contributed by atoms with Crippen molar-refractivity contribution in [2.75, 3.05) is 18.5 Å². The molecule has 1 heterocycles. The molecule has 1 aliphatic heterocycles. The van der Waals surface area contributed by atoms with Crippen molar-refractivity contribution in [2.24, 2.45) is 0 Å². The van der Waals surface area contributed by atoms with Crippen LogP contribution in [0.5, 0.6) is 11.5 Å². The molecule has 0 aliphatic carbocycles. The number of benzene rings is 3. The Morgan fingerprint density at radius 3 is 2.24 bits per heavy atom. The molecule has 2 atom stereocenters. The summed E-state index contributed by atoms with van der Waals surface area (Å²) >= 11 is 0. The molecule has 192 valence electrons. The van der Waals surface area contributed by atoms with Crippen LogP contribution in [0.2, 0.25) is 0 Å². The Balaban J connectivity index is 1.40. The predicted octanol–water partition coefficient (Wildman–Crippen LogP) is 4.13. The smallest absolute Gasteiger partial charge is 0.249 e. The molecule has 37 heavy (non-hydrogen) atoms. The zero-order valence-electron chi connectivity index (χ0n) is 20.8. The average molecular weight is 502 g/mol. The van der Waals surface area contributed by atoms with E-state index < -0.39 is 18.0 Å². The lowest BCUT2D eigenvalue weighted by molar-refractivity contribution is -0.138. The van der Waals surface area contributed by atoms with E-state index in [1.165, 1.54) is 6.92 Å². The minimum absolute atomic E-state index is 0.0194. The third-order valence-corrected chi connectivity index (χ3v) is 6.09. The molecule has 3 amide bonds. The molecule has 4 rings (SSSR count). The summed E-state index contributed by atoms with van der Waals surface area (Å²) in [4.78, 5) is 39.7. The van der Waals surface area contributed by atoms with E-state index in [1.54, 1.807) is 29.2 Å². The van der Waals surface area contributed by atoms with Gasteiger partial charge in [-0.2, -0.15) is 0 Å². The number of likely N-dealkylation sites (tertiary alicyclic amines) is 1. The van der Waals surface area contributed by atoms with Gasteiger partial charge in [-0.15, -0.1) is 0 Å². The number of hydrogen-bond acceptors (Lipinski definition) is 5. The van der Waals surface area contributed by atoms with Gasteiger partial charge in [0.1, 0.15) is 23.6 Å². The van der Waals surface area contributed by atoms with Crippen LogP contribution in [-0.4, -0.2) is 47.9 Å². The second-order valence-electron chi connectivity index (χ2n) is 8.86. The Hall–Kier alpha value is -4.17. The molecular weight excluding hydrogens is 470 g/mol. The summed E-state index contributed by atoms with van der Waals surface area (Å²) in [5.74, 6) is 0.417. The monoisotopic (exact) mass is 501 g/mol. The first kappa shape index (κ1) is 25.9. The van der Waals surface area contributed by atoms with Gasteiger partial charge >= 0.3 is 0 Å². The number of rotatable bonds is 10. The molecule has 0 radical (unpaired) electrons. The quantitative estimate of drug-likeness (QED) is 0.436. The molecule has 3 aromatic rings. The fourth-order valence-corrected chi connectivity index (χ4v) is 4.20. The summed E-state index contributed by atoms with van der Waals surface area (Å²) in [6.07, 6.45) is 1.31. The molecule has 0 saturated carbocycles. The van der Waals surface area contributed by atoms with Crippen molar-refractivity contribution in [1.82, 2.24) is 10.2 Å². The maximum absolute atomic E-state index is 13.2.